The van der Waals surface area contributed by atoms with Crippen LogP contribution in [0.3, 0.4) is 0 Å². The number of nitrogens with two attached hydrogens (primary N) is 1. The average molecular weight is 392 g/mol. The van der Waals surface area contributed by atoms with Crippen LogP contribution >= 0.6 is 0 Å². The van der Waals surface area contributed by atoms with E-state index in [9.17, 15) is 17.8 Å². The molecule has 2 aromatic carbocycles. The smallest absolute Gasteiger partial charge is 0.221 e. The monoisotopic (exact) mass is 392 g/mol. The molecule has 1 aliphatic rings. The Balaban J connectivity index is 1.84. The summed E-state index contributed by atoms with van der Waals surface area (Å²) in [6.07, 6.45) is 1.24. The van der Waals surface area contributed by atoms with Gasteiger partial charge in [0.2, 0.25) is 5.91 Å². The van der Waals surface area contributed by atoms with E-state index in [4.69, 9.17) is 5.73 Å². The molecule has 1 heterocycles. The topological polar surface area (TPSA) is 63.4 Å². The summed E-state index contributed by atoms with van der Waals surface area (Å²) in [5, 5.41) is -0.163. The Morgan fingerprint density at radius 3 is 2.44 bits per heavy atom. The van der Waals surface area contributed by atoms with Crippen molar-refractivity contribution in [1.82, 2.24) is 4.31 Å². The number of nitrogens with zero attached hydrogens (tertiary/aromatic N) is 1. The van der Waals surface area contributed by atoms with Crippen molar-refractivity contribution in [3.05, 3.63) is 70.8 Å². The van der Waals surface area contributed by atoms with Crippen molar-refractivity contribution in [1.29, 1.82) is 0 Å². The van der Waals surface area contributed by atoms with E-state index in [-0.39, 0.29) is 35.4 Å². The third kappa shape index (κ3) is 4.42. The first-order valence-corrected chi connectivity index (χ1v) is 10.0. The average Bonchev–Trinajstić information content (AvgIpc) is 2.62. The zero-order valence-corrected chi connectivity index (χ0v) is 15.8. The van der Waals surface area contributed by atoms with Crippen molar-refractivity contribution in [2.75, 3.05) is 0 Å². The summed E-state index contributed by atoms with van der Waals surface area (Å²) >= 11 is 0. The van der Waals surface area contributed by atoms with E-state index in [2.05, 4.69) is 0 Å². The maximum atomic E-state index is 14.5. The summed E-state index contributed by atoms with van der Waals surface area (Å²) in [6.45, 7) is 1.98. The van der Waals surface area contributed by atoms with Crippen molar-refractivity contribution in [2.24, 2.45) is 5.73 Å². The summed E-state index contributed by atoms with van der Waals surface area (Å²) < 4.78 is 43.5. The van der Waals surface area contributed by atoms with Gasteiger partial charge in [0.05, 0.1) is 11.7 Å². The van der Waals surface area contributed by atoms with Crippen LogP contribution in [0.4, 0.5) is 8.78 Å². The third-order valence-corrected chi connectivity index (χ3v) is 6.84. The highest BCUT2D eigenvalue weighted by Crippen LogP contribution is 2.35. The van der Waals surface area contributed by atoms with Crippen LogP contribution in [0.1, 0.15) is 41.7 Å². The lowest BCUT2D eigenvalue weighted by molar-refractivity contribution is -0.117. The highest BCUT2D eigenvalue weighted by atomic mass is 32.2. The van der Waals surface area contributed by atoms with E-state index in [1.54, 1.807) is 4.31 Å². The van der Waals surface area contributed by atoms with Gasteiger partial charge in [0.15, 0.2) is 0 Å². The molecule has 2 aromatic rings. The molecule has 27 heavy (non-hydrogen) atoms. The van der Waals surface area contributed by atoms with Crippen molar-refractivity contribution >= 4 is 16.9 Å². The molecule has 144 valence electrons. The van der Waals surface area contributed by atoms with Gasteiger partial charge in [0.25, 0.3) is 0 Å². The van der Waals surface area contributed by atoms with Gasteiger partial charge in [-0.05, 0) is 37.5 Å². The molecule has 0 saturated carbocycles. The van der Waals surface area contributed by atoms with E-state index >= 15 is 0 Å². The number of carbonyl (C=O) groups is 1. The van der Waals surface area contributed by atoms with Gasteiger partial charge in [-0.2, -0.15) is 0 Å². The Bertz CT molecular complexity index is 861. The first-order chi connectivity index (χ1) is 12.9. The molecule has 1 unspecified atom stereocenters. The lowest BCUT2D eigenvalue weighted by atomic mass is 10.0. The first kappa shape index (κ1) is 19.6. The number of rotatable bonds is 5. The van der Waals surface area contributed by atoms with Crippen LogP contribution in [0.2, 0.25) is 0 Å². The predicted octanol–water partition coefficient (Wildman–Crippen LogP) is 3.38. The fourth-order valence-electron chi connectivity index (χ4n) is 3.39. The summed E-state index contributed by atoms with van der Waals surface area (Å²) in [5.41, 5.74) is 6.09. The number of benzene rings is 2. The highest BCUT2D eigenvalue weighted by molar-refractivity contribution is 7.83. The maximum absolute atomic E-state index is 14.5. The zero-order chi connectivity index (χ0) is 19.6. The maximum Gasteiger partial charge on any atom is 0.221 e. The van der Waals surface area contributed by atoms with Crippen molar-refractivity contribution < 1.29 is 17.8 Å². The third-order valence-electron chi connectivity index (χ3n) is 4.89. The molecule has 7 heteroatoms. The molecule has 3 atom stereocenters. The Morgan fingerprint density at radius 2 is 1.78 bits per heavy atom. The Hall–Kier alpha value is -2.12. The van der Waals surface area contributed by atoms with Gasteiger partial charge < -0.3 is 5.73 Å². The molecule has 0 aliphatic carbocycles. The predicted molar refractivity (Wildman–Crippen MR) is 101 cm³/mol. The van der Waals surface area contributed by atoms with Gasteiger partial charge in [-0.3, -0.25) is 4.79 Å². The minimum absolute atomic E-state index is 0.0152. The van der Waals surface area contributed by atoms with Gasteiger partial charge >= 0.3 is 0 Å². The van der Waals surface area contributed by atoms with E-state index in [0.29, 0.717) is 0 Å². The molecule has 1 fully saturated rings. The highest BCUT2D eigenvalue weighted by Gasteiger charge is 2.34. The second kappa shape index (κ2) is 8.27. The molecule has 0 radical (unpaired) electrons. The molecular formula is C20H22F2N2O2S. The number of hydrogen-bond donors (Lipinski definition) is 1. The van der Waals surface area contributed by atoms with Crippen LogP contribution < -0.4 is 5.73 Å². The van der Waals surface area contributed by atoms with E-state index < -0.39 is 28.5 Å². The molecule has 3 rings (SSSR count). The van der Waals surface area contributed by atoms with Gasteiger partial charge in [-0.1, -0.05) is 30.3 Å². The Morgan fingerprint density at radius 1 is 1.15 bits per heavy atom. The van der Waals surface area contributed by atoms with Crippen LogP contribution in [-0.4, -0.2) is 20.5 Å². The number of carbonyl (C=O) groups excluding carboxylic acids is 1. The Kier molecular flexibility index (Phi) is 6.01. The summed E-state index contributed by atoms with van der Waals surface area (Å²) in [6, 6.07) is 11.7. The largest absolute Gasteiger partial charge is 0.369 e. The van der Waals surface area contributed by atoms with Crippen molar-refractivity contribution in [3.8, 4) is 0 Å². The number of hydrogen-bond acceptors (Lipinski definition) is 2. The minimum atomic E-state index is -1.36. The Labute approximate surface area is 160 Å². The molecule has 4 nitrogen and oxygen atoms in total. The summed E-state index contributed by atoms with van der Waals surface area (Å²) in [7, 11) is -1.36. The fraction of sp³-hybridized carbons (Fsp3) is 0.350. The second-order valence-corrected chi connectivity index (χ2v) is 8.45. The van der Waals surface area contributed by atoms with E-state index in [1.807, 2.05) is 37.3 Å². The molecule has 1 amide bonds. The minimum Gasteiger partial charge on any atom is -0.369 e. The molecule has 0 aromatic heterocycles. The fourth-order valence-corrected chi connectivity index (χ4v) is 5.17. The van der Waals surface area contributed by atoms with Gasteiger partial charge in [-0.15, -0.1) is 0 Å². The van der Waals surface area contributed by atoms with Crippen LogP contribution in [0.25, 0.3) is 0 Å². The molecule has 1 saturated heterocycles. The first-order valence-electron chi connectivity index (χ1n) is 8.84. The van der Waals surface area contributed by atoms with Crippen LogP contribution in [0.5, 0.6) is 0 Å². The van der Waals surface area contributed by atoms with Gasteiger partial charge in [0, 0.05) is 23.7 Å². The molecular weight excluding hydrogens is 370 g/mol. The lowest BCUT2D eigenvalue weighted by Gasteiger charge is -2.37. The normalized spacial score (nSPS) is 23.3. The standard InChI is InChI=1S/C20H22F2N2O2S/c1-13-7-8-19(14-5-3-2-4-6-14)27(26)24(13)12-16-10-17(21)15(9-18(16)22)11-20(23)25/h2-6,9-10,13,19H,7-8,11-12H2,1H3,(H2,23,25)/t13-,19+,27?/m0/s1. The second-order valence-electron chi connectivity index (χ2n) is 6.86. The molecule has 1 aliphatic heterocycles. The van der Waals surface area contributed by atoms with Gasteiger partial charge in [0.1, 0.15) is 22.6 Å². The van der Waals surface area contributed by atoms with Crippen LogP contribution in [-0.2, 0) is 28.7 Å². The van der Waals surface area contributed by atoms with Crippen molar-refractivity contribution in [3.63, 3.8) is 0 Å². The SMILES string of the molecule is C[C@H]1CC[C@H](c2ccccc2)S(=O)N1Cc1cc(F)c(CC(N)=O)cc1F. The number of amides is 1. The van der Waals surface area contributed by atoms with Crippen LogP contribution in [0, 0.1) is 11.6 Å². The molecule has 0 spiro atoms. The van der Waals surface area contributed by atoms with Crippen molar-refractivity contribution in [2.45, 2.75) is 44.0 Å². The molecule has 0 bridgehead atoms. The van der Waals surface area contributed by atoms with E-state index in [1.165, 1.54) is 0 Å². The quantitative estimate of drug-likeness (QED) is 0.848. The van der Waals surface area contributed by atoms with Gasteiger partial charge in [-0.25, -0.2) is 17.3 Å². The lowest BCUT2D eigenvalue weighted by Crippen LogP contribution is -2.41. The number of halogens is 2. The summed E-state index contributed by atoms with van der Waals surface area (Å²) in [4.78, 5) is 11.0. The zero-order valence-electron chi connectivity index (χ0n) is 15.0. The van der Waals surface area contributed by atoms with Crippen LogP contribution in [0.15, 0.2) is 42.5 Å². The van der Waals surface area contributed by atoms with E-state index in [0.717, 1.165) is 30.5 Å². The summed E-state index contributed by atoms with van der Waals surface area (Å²) in [5.74, 6) is -2.03. The number of primary amides is 1. The molecule has 2 N–H and O–H groups in total.